The highest BCUT2D eigenvalue weighted by Crippen LogP contribution is 1.90. The standard InChI is InChI=1S/C10H22N2O3/c1-4-11-8(2)5-10(14)12-6-9(13)7-15-3/h8-9,11,13H,4-7H2,1-3H3,(H,12,14). The number of carbonyl (C=O) groups is 1. The second-order valence-electron chi connectivity index (χ2n) is 3.58. The summed E-state index contributed by atoms with van der Waals surface area (Å²) in [5.41, 5.74) is 0. The maximum Gasteiger partial charge on any atom is 0.221 e. The van der Waals surface area contributed by atoms with Crippen LogP contribution in [-0.2, 0) is 9.53 Å². The van der Waals surface area contributed by atoms with Crippen LogP contribution in [0, 0.1) is 0 Å². The maximum atomic E-state index is 11.3. The summed E-state index contributed by atoms with van der Waals surface area (Å²) >= 11 is 0. The molecule has 5 heteroatoms. The van der Waals surface area contributed by atoms with E-state index in [1.807, 2.05) is 13.8 Å². The van der Waals surface area contributed by atoms with Crippen LogP contribution < -0.4 is 10.6 Å². The number of amides is 1. The second-order valence-corrected chi connectivity index (χ2v) is 3.58. The Morgan fingerprint density at radius 2 is 2.20 bits per heavy atom. The summed E-state index contributed by atoms with van der Waals surface area (Å²) in [4.78, 5) is 11.3. The highest BCUT2D eigenvalue weighted by Gasteiger charge is 2.09. The molecule has 0 aliphatic heterocycles. The minimum Gasteiger partial charge on any atom is -0.389 e. The first-order valence-electron chi connectivity index (χ1n) is 5.27. The van der Waals surface area contributed by atoms with Crippen molar-refractivity contribution in [1.82, 2.24) is 10.6 Å². The zero-order chi connectivity index (χ0) is 11.7. The first kappa shape index (κ1) is 14.3. The molecule has 0 bridgehead atoms. The van der Waals surface area contributed by atoms with Crippen molar-refractivity contribution >= 4 is 5.91 Å². The highest BCUT2D eigenvalue weighted by molar-refractivity contribution is 5.76. The number of hydrogen-bond donors (Lipinski definition) is 3. The van der Waals surface area contributed by atoms with Crippen molar-refractivity contribution in [2.45, 2.75) is 32.4 Å². The Bertz CT molecular complexity index is 176. The summed E-state index contributed by atoms with van der Waals surface area (Å²) in [5, 5.41) is 15.1. The van der Waals surface area contributed by atoms with Gasteiger partial charge in [-0.15, -0.1) is 0 Å². The molecular weight excluding hydrogens is 196 g/mol. The van der Waals surface area contributed by atoms with Gasteiger partial charge in [0.2, 0.25) is 5.91 Å². The molecule has 3 N–H and O–H groups in total. The molecule has 0 rings (SSSR count). The maximum absolute atomic E-state index is 11.3. The molecule has 0 aromatic heterocycles. The summed E-state index contributed by atoms with van der Waals surface area (Å²) in [6.45, 7) is 5.28. The highest BCUT2D eigenvalue weighted by atomic mass is 16.5. The number of nitrogens with one attached hydrogen (secondary N) is 2. The van der Waals surface area contributed by atoms with Crippen LogP contribution in [0.1, 0.15) is 20.3 Å². The van der Waals surface area contributed by atoms with Crippen LogP contribution >= 0.6 is 0 Å². The van der Waals surface area contributed by atoms with Gasteiger partial charge in [0.25, 0.3) is 0 Å². The third-order valence-electron chi connectivity index (χ3n) is 1.94. The fraction of sp³-hybridized carbons (Fsp3) is 0.900. The van der Waals surface area contributed by atoms with Gasteiger partial charge in [0, 0.05) is 26.1 Å². The van der Waals surface area contributed by atoms with E-state index in [-0.39, 0.29) is 25.1 Å². The van der Waals surface area contributed by atoms with E-state index in [1.165, 1.54) is 7.11 Å². The van der Waals surface area contributed by atoms with Crippen molar-refractivity contribution in [2.24, 2.45) is 0 Å². The first-order chi connectivity index (χ1) is 7.10. The van der Waals surface area contributed by atoms with E-state index in [2.05, 4.69) is 10.6 Å². The molecule has 0 spiro atoms. The smallest absolute Gasteiger partial charge is 0.221 e. The number of hydrogen-bond acceptors (Lipinski definition) is 4. The molecule has 5 nitrogen and oxygen atoms in total. The van der Waals surface area contributed by atoms with Crippen LogP contribution in [0.25, 0.3) is 0 Å². The third-order valence-corrected chi connectivity index (χ3v) is 1.94. The minimum absolute atomic E-state index is 0.0568. The molecule has 0 aromatic rings. The van der Waals surface area contributed by atoms with Gasteiger partial charge in [-0.25, -0.2) is 0 Å². The molecule has 2 unspecified atom stereocenters. The van der Waals surface area contributed by atoms with Crippen LogP contribution in [0.15, 0.2) is 0 Å². The van der Waals surface area contributed by atoms with Crippen LogP contribution in [0.5, 0.6) is 0 Å². The number of carbonyl (C=O) groups excluding carboxylic acids is 1. The van der Waals surface area contributed by atoms with Gasteiger partial charge in [-0.3, -0.25) is 4.79 Å². The van der Waals surface area contributed by atoms with E-state index in [4.69, 9.17) is 4.74 Å². The fourth-order valence-corrected chi connectivity index (χ4v) is 1.25. The summed E-state index contributed by atoms with van der Waals surface area (Å²) in [6.07, 6.45) is -0.207. The molecule has 15 heavy (non-hydrogen) atoms. The first-order valence-corrected chi connectivity index (χ1v) is 5.27. The Morgan fingerprint density at radius 3 is 2.73 bits per heavy atom. The summed E-state index contributed by atoms with van der Waals surface area (Å²) in [5.74, 6) is -0.0568. The number of aliphatic hydroxyl groups is 1. The molecule has 0 saturated carbocycles. The van der Waals surface area contributed by atoms with Crippen LogP contribution in [-0.4, -0.2) is 50.0 Å². The minimum atomic E-state index is -0.631. The van der Waals surface area contributed by atoms with Gasteiger partial charge < -0.3 is 20.5 Å². The Kier molecular flexibility index (Phi) is 8.27. The van der Waals surface area contributed by atoms with E-state index in [9.17, 15) is 9.90 Å². The monoisotopic (exact) mass is 218 g/mol. The Hall–Kier alpha value is -0.650. The summed E-state index contributed by atoms with van der Waals surface area (Å²) < 4.78 is 4.74. The van der Waals surface area contributed by atoms with Gasteiger partial charge in [-0.1, -0.05) is 6.92 Å². The molecule has 1 amide bonds. The Labute approximate surface area is 91.2 Å². The third kappa shape index (κ3) is 8.35. The molecule has 0 aliphatic carbocycles. The molecule has 90 valence electrons. The van der Waals surface area contributed by atoms with Crippen molar-refractivity contribution in [1.29, 1.82) is 0 Å². The number of aliphatic hydroxyl groups excluding tert-OH is 1. The summed E-state index contributed by atoms with van der Waals surface area (Å²) in [6, 6.07) is 0.162. The Morgan fingerprint density at radius 1 is 1.53 bits per heavy atom. The van der Waals surface area contributed by atoms with Crippen LogP contribution in [0.3, 0.4) is 0 Å². The van der Waals surface area contributed by atoms with E-state index in [0.717, 1.165) is 6.54 Å². The van der Waals surface area contributed by atoms with Crippen molar-refractivity contribution < 1.29 is 14.6 Å². The lowest BCUT2D eigenvalue weighted by Gasteiger charge is -2.14. The number of methoxy groups -OCH3 is 1. The zero-order valence-electron chi connectivity index (χ0n) is 9.75. The van der Waals surface area contributed by atoms with Crippen molar-refractivity contribution in [2.75, 3.05) is 26.8 Å². The van der Waals surface area contributed by atoms with Crippen molar-refractivity contribution in [3.05, 3.63) is 0 Å². The largest absolute Gasteiger partial charge is 0.389 e. The van der Waals surface area contributed by atoms with E-state index in [1.54, 1.807) is 0 Å². The topological polar surface area (TPSA) is 70.6 Å². The lowest BCUT2D eigenvalue weighted by molar-refractivity contribution is -0.122. The zero-order valence-corrected chi connectivity index (χ0v) is 9.75. The van der Waals surface area contributed by atoms with Gasteiger partial charge in [0.05, 0.1) is 12.7 Å². The quantitative estimate of drug-likeness (QED) is 0.513. The Balaban J connectivity index is 3.56. The van der Waals surface area contributed by atoms with Crippen molar-refractivity contribution in [3.63, 3.8) is 0 Å². The fourth-order valence-electron chi connectivity index (χ4n) is 1.25. The SMILES string of the molecule is CCNC(C)CC(=O)NCC(O)COC. The predicted octanol–water partition coefficient (Wildman–Crippen LogP) is -0.502. The van der Waals surface area contributed by atoms with Gasteiger partial charge in [0.15, 0.2) is 0 Å². The van der Waals surface area contributed by atoms with Crippen molar-refractivity contribution in [3.8, 4) is 0 Å². The second kappa shape index (κ2) is 8.64. The molecule has 0 heterocycles. The van der Waals surface area contributed by atoms with E-state index >= 15 is 0 Å². The van der Waals surface area contributed by atoms with E-state index in [0.29, 0.717) is 6.42 Å². The lowest BCUT2D eigenvalue weighted by Crippen LogP contribution is -2.38. The summed E-state index contributed by atoms with van der Waals surface area (Å²) in [7, 11) is 1.51. The van der Waals surface area contributed by atoms with E-state index < -0.39 is 6.10 Å². The number of rotatable bonds is 8. The number of ether oxygens (including phenoxy) is 1. The molecule has 2 atom stereocenters. The molecule has 0 aliphatic rings. The molecule has 0 aromatic carbocycles. The molecule has 0 saturated heterocycles. The average molecular weight is 218 g/mol. The molecular formula is C10H22N2O3. The van der Waals surface area contributed by atoms with Crippen LogP contribution in [0.4, 0.5) is 0 Å². The normalized spacial score (nSPS) is 14.7. The van der Waals surface area contributed by atoms with Gasteiger partial charge >= 0.3 is 0 Å². The lowest BCUT2D eigenvalue weighted by atomic mass is 10.2. The average Bonchev–Trinajstić information content (AvgIpc) is 2.15. The van der Waals surface area contributed by atoms with Gasteiger partial charge in [-0.2, -0.15) is 0 Å². The molecule has 0 radical (unpaired) electrons. The molecule has 0 fully saturated rings. The predicted molar refractivity (Wildman–Crippen MR) is 58.6 cm³/mol. The van der Waals surface area contributed by atoms with Gasteiger partial charge in [0.1, 0.15) is 0 Å². The van der Waals surface area contributed by atoms with Gasteiger partial charge in [-0.05, 0) is 13.5 Å². The van der Waals surface area contributed by atoms with Crippen LogP contribution in [0.2, 0.25) is 0 Å².